The molecular formula is C13H23N3O4. The number of hydrogen-bond donors (Lipinski definition) is 3. The van der Waals surface area contributed by atoms with Gasteiger partial charge >= 0.3 is 6.03 Å². The zero-order valence-electron chi connectivity index (χ0n) is 12.4. The van der Waals surface area contributed by atoms with E-state index in [2.05, 4.69) is 10.6 Å². The van der Waals surface area contributed by atoms with Crippen LogP contribution in [0.25, 0.3) is 0 Å². The highest BCUT2D eigenvalue weighted by Gasteiger charge is 2.47. The molecule has 1 rings (SSSR count). The van der Waals surface area contributed by atoms with Crippen LogP contribution in [0, 0.1) is 5.92 Å². The highest BCUT2D eigenvalue weighted by molar-refractivity contribution is 6.08. The van der Waals surface area contributed by atoms with Crippen LogP contribution < -0.4 is 10.6 Å². The second-order valence-electron chi connectivity index (χ2n) is 5.61. The summed E-state index contributed by atoms with van der Waals surface area (Å²) in [5.74, 6) is -0.792. The molecule has 1 heterocycles. The number of rotatable bonds is 6. The molecule has 0 saturated carbocycles. The van der Waals surface area contributed by atoms with Crippen molar-refractivity contribution >= 4 is 17.8 Å². The zero-order valence-corrected chi connectivity index (χ0v) is 12.4. The summed E-state index contributed by atoms with van der Waals surface area (Å²) in [5, 5.41) is 14.4. The lowest BCUT2D eigenvalue weighted by Gasteiger charge is -2.22. The maximum Gasteiger partial charge on any atom is 0.325 e. The maximum absolute atomic E-state index is 12.1. The summed E-state index contributed by atoms with van der Waals surface area (Å²) in [6.07, 6.45) is 0.459. The van der Waals surface area contributed by atoms with Gasteiger partial charge in [0.2, 0.25) is 5.91 Å². The van der Waals surface area contributed by atoms with Crippen LogP contribution in [0.3, 0.4) is 0 Å². The van der Waals surface area contributed by atoms with Crippen LogP contribution in [-0.4, -0.2) is 52.6 Å². The highest BCUT2D eigenvalue weighted by atomic mass is 16.3. The van der Waals surface area contributed by atoms with Gasteiger partial charge in [-0.25, -0.2) is 4.79 Å². The first-order valence-electron chi connectivity index (χ1n) is 6.79. The van der Waals surface area contributed by atoms with E-state index in [4.69, 9.17) is 5.11 Å². The Morgan fingerprint density at radius 1 is 1.45 bits per heavy atom. The molecule has 2 atom stereocenters. The molecule has 0 aromatic heterocycles. The molecule has 0 aromatic carbocycles. The Hall–Kier alpha value is -1.63. The number of nitrogens with zero attached hydrogens (tertiary/aromatic N) is 1. The van der Waals surface area contributed by atoms with E-state index in [1.165, 1.54) is 0 Å². The average Bonchev–Trinajstić information content (AvgIpc) is 2.60. The minimum atomic E-state index is -0.939. The summed E-state index contributed by atoms with van der Waals surface area (Å²) in [6, 6.07) is -0.944. The summed E-state index contributed by atoms with van der Waals surface area (Å²) >= 11 is 0. The second kappa shape index (κ2) is 6.21. The third kappa shape index (κ3) is 3.27. The van der Waals surface area contributed by atoms with Crippen molar-refractivity contribution in [1.82, 2.24) is 15.5 Å². The number of aliphatic hydroxyl groups excluding tert-OH is 1. The predicted molar refractivity (Wildman–Crippen MR) is 72.8 cm³/mol. The standard InChI is InChI=1S/C13H23N3O4/c1-5-13(4)11(19)16(12(20)15-13)6-10(18)14-9(7-17)8(2)3/h8-9,17H,5-7H2,1-4H3,(H,14,18)(H,15,20). The molecule has 1 fully saturated rings. The normalized spacial score (nSPS) is 24.0. The first-order chi connectivity index (χ1) is 9.25. The largest absolute Gasteiger partial charge is 0.394 e. The van der Waals surface area contributed by atoms with Crippen molar-refractivity contribution in [3.05, 3.63) is 0 Å². The monoisotopic (exact) mass is 285 g/mol. The molecule has 1 aliphatic heterocycles. The van der Waals surface area contributed by atoms with Crippen molar-refractivity contribution in [1.29, 1.82) is 0 Å². The SMILES string of the molecule is CCC1(C)NC(=O)N(CC(=O)NC(CO)C(C)C)C1=O. The van der Waals surface area contributed by atoms with Crippen LogP contribution in [0.15, 0.2) is 0 Å². The Balaban J connectivity index is 2.67. The molecule has 1 aliphatic rings. The lowest BCUT2D eigenvalue weighted by molar-refractivity contribution is -0.135. The third-order valence-electron chi connectivity index (χ3n) is 3.70. The fourth-order valence-corrected chi connectivity index (χ4v) is 1.95. The van der Waals surface area contributed by atoms with Gasteiger partial charge in [-0.05, 0) is 19.3 Å². The first kappa shape index (κ1) is 16.4. The Morgan fingerprint density at radius 3 is 2.45 bits per heavy atom. The minimum absolute atomic E-state index is 0.0629. The van der Waals surface area contributed by atoms with Crippen LogP contribution in [0.4, 0.5) is 4.79 Å². The minimum Gasteiger partial charge on any atom is -0.394 e. The summed E-state index contributed by atoms with van der Waals surface area (Å²) < 4.78 is 0. The van der Waals surface area contributed by atoms with Gasteiger partial charge in [-0.1, -0.05) is 20.8 Å². The molecule has 7 heteroatoms. The Morgan fingerprint density at radius 2 is 2.05 bits per heavy atom. The summed E-state index contributed by atoms with van der Waals surface area (Å²) in [7, 11) is 0. The summed E-state index contributed by atoms with van der Waals surface area (Å²) in [5.41, 5.74) is -0.939. The van der Waals surface area contributed by atoms with Crippen LogP contribution in [0.5, 0.6) is 0 Å². The fraction of sp³-hybridized carbons (Fsp3) is 0.769. The van der Waals surface area contributed by atoms with Gasteiger partial charge in [-0.3, -0.25) is 14.5 Å². The third-order valence-corrected chi connectivity index (χ3v) is 3.70. The van der Waals surface area contributed by atoms with E-state index in [0.717, 1.165) is 4.90 Å². The Kier molecular flexibility index (Phi) is 5.10. The Labute approximate surface area is 118 Å². The number of aliphatic hydroxyl groups is 1. The van der Waals surface area contributed by atoms with Gasteiger partial charge in [0, 0.05) is 0 Å². The van der Waals surface area contributed by atoms with Gasteiger partial charge in [0.15, 0.2) is 0 Å². The molecule has 4 amide bonds. The van der Waals surface area contributed by atoms with Gasteiger partial charge < -0.3 is 15.7 Å². The molecule has 0 radical (unpaired) electrons. The topological polar surface area (TPSA) is 98.7 Å². The number of imide groups is 1. The molecule has 1 saturated heterocycles. The Bertz CT molecular complexity index is 410. The average molecular weight is 285 g/mol. The fourth-order valence-electron chi connectivity index (χ4n) is 1.95. The number of hydrogen-bond acceptors (Lipinski definition) is 4. The van der Waals surface area contributed by atoms with Crippen LogP contribution in [0.1, 0.15) is 34.1 Å². The number of carbonyl (C=O) groups excluding carboxylic acids is 3. The lowest BCUT2D eigenvalue weighted by Crippen LogP contribution is -2.48. The quantitative estimate of drug-likeness (QED) is 0.591. The van der Waals surface area contributed by atoms with Crippen molar-refractivity contribution < 1.29 is 19.5 Å². The maximum atomic E-state index is 12.1. The highest BCUT2D eigenvalue weighted by Crippen LogP contribution is 2.20. The van der Waals surface area contributed by atoms with Crippen molar-refractivity contribution in [3.63, 3.8) is 0 Å². The van der Waals surface area contributed by atoms with E-state index < -0.39 is 23.4 Å². The smallest absolute Gasteiger partial charge is 0.325 e. The van der Waals surface area contributed by atoms with Gasteiger partial charge in [0.05, 0.1) is 12.6 Å². The van der Waals surface area contributed by atoms with Gasteiger partial charge in [0.1, 0.15) is 12.1 Å². The molecule has 20 heavy (non-hydrogen) atoms. The van der Waals surface area contributed by atoms with E-state index >= 15 is 0 Å². The molecular weight excluding hydrogens is 262 g/mol. The van der Waals surface area contributed by atoms with Gasteiger partial charge in [0.25, 0.3) is 5.91 Å². The number of carbonyl (C=O) groups is 3. The van der Waals surface area contributed by atoms with E-state index in [9.17, 15) is 14.4 Å². The van der Waals surface area contributed by atoms with E-state index in [0.29, 0.717) is 6.42 Å². The summed E-state index contributed by atoms with van der Waals surface area (Å²) in [6.45, 7) is 6.64. The van der Waals surface area contributed by atoms with Crippen molar-refractivity contribution in [2.45, 2.75) is 45.7 Å². The number of urea groups is 1. The second-order valence-corrected chi connectivity index (χ2v) is 5.61. The lowest BCUT2D eigenvalue weighted by atomic mass is 9.99. The summed E-state index contributed by atoms with van der Waals surface area (Å²) in [4.78, 5) is 36.6. The van der Waals surface area contributed by atoms with E-state index in [1.54, 1.807) is 13.8 Å². The zero-order chi connectivity index (χ0) is 15.5. The van der Waals surface area contributed by atoms with Gasteiger partial charge in [-0.15, -0.1) is 0 Å². The van der Waals surface area contributed by atoms with E-state index in [1.807, 2.05) is 13.8 Å². The van der Waals surface area contributed by atoms with Crippen molar-refractivity contribution in [2.75, 3.05) is 13.2 Å². The molecule has 0 bridgehead atoms. The van der Waals surface area contributed by atoms with Crippen LogP contribution in [0.2, 0.25) is 0 Å². The number of nitrogens with one attached hydrogen (secondary N) is 2. The van der Waals surface area contributed by atoms with Crippen LogP contribution in [-0.2, 0) is 9.59 Å². The first-order valence-corrected chi connectivity index (χ1v) is 6.79. The molecule has 0 spiro atoms. The van der Waals surface area contributed by atoms with Crippen molar-refractivity contribution in [2.24, 2.45) is 5.92 Å². The van der Waals surface area contributed by atoms with Crippen LogP contribution >= 0.6 is 0 Å². The predicted octanol–water partition coefficient (Wildman–Crippen LogP) is -0.160. The molecule has 114 valence electrons. The molecule has 2 unspecified atom stereocenters. The number of amides is 4. The molecule has 0 aliphatic carbocycles. The van der Waals surface area contributed by atoms with Crippen molar-refractivity contribution in [3.8, 4) is 0 Å². The van der Waals surface area contributed by atoms with E-state index in [-0.39, 0.29) is 25.1 Å². The van der Waals surface area contributed by atoms with Gasteiger partial charge in [-0.2, -0.15) is 0 Å². The molecule has 0 aromatic rings. The molecule has 7 nitrogen and oxygen atoms in total. The molecule has 3 N–H and O–H groups in total.